The fourth-order valence-electron chi connectivity index (χ4n) is 2.20. The quantitative estimate of drug-likeness (QED) is 0.783. The molecule has 0 bridgehead atoms. The molecule has 1 aromatic heterocycles. The first-order valence-electron chi connectivity index (χ1n) is 6.13. The van der Waals surface area contributed by atoms with Crippen molar-refractivity contribution in [2.45, 2.75) is 24.0 Å². The number of aromatic nitrogens is 2. The Hall–Kier alpha value is -1.21. The summed E-state index contributed by atoms with van der Waals surface area (Å²) in [6.07, 6.45) is 2.14. The molecule has 3 N–H and O–H groups in total. The van der Waals surface area contributed by atoms with Gasteiger partial charge in [0.15, 0.2) is 9.84 Å². The van der Waals surface area contributed by atoms with Gasteiger partial charge in [-0.2, -0.15) is 0 Å². The number of rotatable bonds is 2. The molecule has 2 aliphatic rings. The Kier molecular flexibility index (Phi) is 2.74. The van der Waals surface area contributed by atoms with Crippen molar-refractivity contribution in [3.05, 3.63) is 17.6 Å². The van der Waals surface area contributed by atoms with E-state index in [-0.39, 0.29) is 5.75 Å². The number of nitrogens with zero attached hydrogens (tertiary/aromatic N) is 2. The molecular weight excluding hydrogens is 252 g/mol. The molecule has 0 spiro atoms. The minimum Gasteiger partial charge on any atom is -0.384 e. The van der Waals surface area contributed by atoms with Crippen molar-refractivity contribution in [3.8, 4) is 0 Å². The van der Waals surface area contributed by atoms with Crippen molar-refractivity contribution in [2.24, 2.45) is 0 Å². The zero-order chi connectivity index (χ0) is 12.8. The maximum atomic E-state index is 12.0. The maximum Gasteiger partial charge on any atom is 0.161 e. The molecule has 98 valence electrons. The van der Waals surface area contributed by atoms with E-state index in [4.69, 9.17) is 5.73 Å². The Morgan fingerprint density at radius 2 is 2.11 bits per heavy atom. The molecule has 1 aliphatic heterocycles. The van der Waals surface area contributed by atoms with Gasteiger partial charge in [0, 0.05) is 25.1 Å². The first-order valence-corrected chi connectivity index (χ1v) is 7.84. The van der Waals surface area contributed by atoms with Crippen LogP contribution >= 0.6 is 0 Å². The first kappa shape index (κ1) is 11.9. The predicted molar refractivity (Wildman–Crippen MR) is 67.8 cm³/mol. The first-order chi connectivity index (χ1) is 8.56. The van der Waals surface area contributed by atoms with Crippen LogP contribution in [0.15, 0.2) is 6.07 Å². The lowest BCUT2D eigenvalue weighted by atomic mass is 10.2. The van der Waals surface area contributed by atoms with Gasteiger partial charge in [0.25, 0.3) is 0 Å². The Labute approximate surface area is 106 Å². The molecular formula is C11H16N4O2S. The fraction of sp³-hybridized carbons (Fsp3) is 0.636. The lowest BCUT2D eigenvalue weighted by molar-refractivity contribution is 0.547. The third-order valence-electron chi connectivity index (χ3n) is 3.38. The molecule has 7 heteroatoms. The van der Waals surface area contributed by atoms with Crippen molar-refractivity contribution in [3.63, 3.8) is 0 Å². The zero-order valence-corrected chi connectivity index (χ0v) is 10.8. The van der Waals surface area contributed by atoms with Gasteiger partial charge in [-0.1, -0.05) is 0 Å². The molecule has 1 aliphatic carbocycles. The highest BCUT2D eigenvalue weighted by molar-refractivity contribution is 7.91. The van der Waals surface area contributed by atoms with Crippen LogP contribution in [0.3, 0.4) is 0 Å². The van der Waals surface area contributed by atoms with Crippen molar-refractivity contribution >= 4 is 15.7 Å². The van der Waals surface area contributed by atoms with Gasteiger partial charge in [0.1, 0.15) is 16.9 Å². The minimum atomic E-state index is -3.12. The van der Waals surface area contributed by atoms with Gasteiger partial charge >= 0.3 is 0 Å². The Bertz CT molecular complexity index is 568. The monoisotopic (exact) mass is 268 g/mol. The standard InChI is InChI=1S/C11H16N4O2S/c12-10-5-8(14-11(15-10)7-1-2-7)9-6-13-3-4-18(9,16)17/h5,7,9,13H,1-4,6H2,(H2,12,14,15). The van der Waals surface area contributed by atoms with E-state index in [9.17, 15) is 8.42 Å². The molecule has 3 rings (SSSR count). The highest BCUT2D eigenvalue weighted by Gasteiger charge is 2.33. The number of nitrogen functional groups attached to an aromatic ring is 1. The summed E-state index contributed by atoms with van der Waals surface area (Å²) in [5, 5.41) is 2.50. The van der Waals surface area contributed by atoms with Crippen LogP contribution in [0.1, 0.15) is 35.5 Å². The van der Waals surface area contributed by atoms with E-state index in [1.165, 1.54) is 0 Å². The van der Waals surface area contributed by atoms with Crippen LogP contribution in [0.4, 0.5) is 5.82 Å². The van der Waals surface area contributed by atoms with Crippen molar-refractivity contribution < 1.29 is 8.42 Å². The van der Waals surface area contributed by atoms with Crippen LogP contribution < -0.4 is 11.1 Å². The van der Waals surface area contributed by atoms with Crippen molar-refractivity contribution in [2.75, 3.05) is 24.6 Å². The minimum absolute atomic E-state index is 0.153. The largest absolute Gasteiger partial charge is 0.384 e. The number of sulfone groups is 1. The molecule has 18 heavy (non-hydrogen) atoms. The van der Waals surface area contributed by atoms with Crippen LogP contribution in [0.5, 0.6) is 0 Å². The molecule has 2 fully saturated rings. The normalized spacial score (nSPS) is 27.0. The summed E-state index contributed by atoms with van der Waals surface area (Å²) in [5.41, 5.74) is 6.29. The Morgan fingerprint density at radius 3 is 2.78 bits per heavy atom. The van der Waals surface area contributed by atoms with E-state index in [1.807, 2.05) is 0 Å². The van der Waals surface area contributed by atoms with Crippen LogP contribution in [-0.2, 0) is 9.84 Å². The Morgan fingerprint density at radius 1 is 1.33 bits per heavy atom. The summed E-state index contributed by atoms with van der Waals surface area (Å²) in [7, 11) is -3.12. The number of nitrogens with one attached hydrogen (secondary N) is 1. The van der Waals surface area contributed by atoms with Gasteiger partial charge in [0.05, 0.1) is 11.4 Å². The van der Waals surface area contributed by atoms with Gasteiger partial charge in [-0.05, 0) is 12.8 Å². The highest BCUT2D eigenvalue weighted by atomic mass is 32.2. The summed E-state index contributed by atoms with van der Waals surface area (Å²) in [6.45, 7) is 0.914. The molecule has 1 saturated heterocycles. The smallest absolute Gasteiger partial charge is 0.161 e. The van der Waals surface area contributed by atoms with Crippen LogP contribution in [0.25, 0.3) is 0 Å². The molecule has 6 nitrogen and oxygen atoms in total. The summed E-state index contributed by atoms with van der Waals surface area (Å²) >= 11 is 0. The second-order valence-electron chi connectivity index (χ2n) is 4.91. The van der Waals surface area contributed by atoms with Gasteiger partial charge in [-0.15, -0.1) is 0 Å². The maximum absolute atomic E-state index is 12.0. The lowest BCUT2D eigenvalue weighted by Gasteiger charge is -2.23. The van der Waals surface area contributed by atoms with E-state index in [0.29, 0.717) is 36.3 Å². The summed E-state index contributed by atoms with van der Waals surface area (Å²) in [4.78, 5) is 8.59. The van der Waals surface area contributed by atoms with Gasteiger partial charge in [0.2, 0.25) is 0 Å². The fourth-order valence-corrected chi connectivity index (χ4v) is 3.77. The van der Waals surface area contributed by atoms with E-state index in [1.54, 1.807) is 6.07 Å². The average Bonchev–Trinajstić information content (AvgIpc) is 3.11. The Balaban J connectivity index is 2.00. The number of hydrogen-bond donors (Lipinski definition) is 2. The summed E-state index contributed by atoms with van der Waals surface area (Å²) < 4.78 is 24.1. The molecule has 0 radical (unpaired) electrons. The van der Waals surface area contributed by atoms with Gasteiger partial charge in [-0.3, -0.25) is 0 Å². The topological polar surface area (TPSA) is 98.0 Å². The molecule has 0 aromatic carbocycles. The lowest BCUT2D eigenvalue weighted by Crippen LogP contribution is -2.39. The van der Waals surface area contributed by atoms with Gasteiger partial charge < -0.3 is 11.1 Å². The second-order valence-corrected chi connectivity index (χ2v) is 7.21. The highest BCUT2D eigenvalue weighted by Crippen LogP contribution is 2.39. The summed E-state index contributed by atoms with van der Waals surface area (Å²) in [5.74, 6) is 1.58. The van der Waals surface area contributed by atoms with E-state index in [0.717, 1.165) is 12.8 Å². The predicted octanol–water partition coefficient (Wildman–Crippen LogP) is -0.00470. The molecule has 1 unspecified atom stereocenters. The third kappa shape index (κ3) is 2.20. The van der Waals surface area contributed by atoms with Gasteiger partial charge in [-0.25, -0.2) is 18.4 Å². The van der Waals surface area contributed by atoms with Crippen molar-refractivity contribution in [1.82, 2.24) is 15.3 Å². The number of anilines is 1. The molecule has 1 aromatic rings. The molecule has 1 atom stereocenters. The molecule has 0 amide bonds. The second kappa shape index (κ2) is 4.17. The van der Waals surface area contributed by atoms with Crippen LogP contribution in [-0.4, -0.2) is 37.2 Å². The zero-order valence-electron chi connectivity index (χ0n) is 9.96. The van der Waals surface area contributed by atoms with Crippen LogP contribution in [0.2, 0.25) is 0 Å². The molecule has 1 saturated carbocycles. The average molecular weight is 268 g/mol. The van der Waals surface area contributed by atoms with E-state index >= 15 is 0 Å². The van der Waals surface area contributed by atoms with Crippen molar-refractivity contribution in [1.29, 1.82) is 0 Å². The third-order valence-corrected chi connectivity index (χ3v) is 5.43. The molecule has 2 heterocycles. The number of hydrogen-bond acceptors (Lipinski definition) is 6. The van der Waals surface area contributed by atoms with Crippen LogP contribution in [0, 0.1) is 0 Å². The van der Waals surface area contributed by atoms with E-state index in [2.05, 4.69) is 15.3 Å². The summed E-state index contributed by atoms with van der Waals surface area (Å²) in [6, 6.07) is 1.58. The van der Waals surface area contributed by atoms with E-state index < -0.39 is 15.1 Å². The SMILES string of the molecule is Nc1cc(C2CNCCS2(=O)=O)nc(C2CC2)n1. The number of nitrogens with two attached hydrogens (primary N) is 1.